The molecular formula is C14H18N2O. The summed E-state index contributed by atoms with van der Waals surface area (Å²) in [6.45, 7) is 4.08. The van der Waals surface area contributed by atoms with Crippen LogP contribution in [0.1, 0.15) is 30.6 Å². The number of fused-ring (bicyclic) bond motifs is 1. The van der Waals surface area contributed by atoms with Gasteiger partial charge in [-0.15, -0.1) is 0 Å². The van der Waals surface area contributed by atoms with E-state index in [0.29, 0.717) is 0 Å². The SMILES string of the molecule is CCC(C)NC(=O)c1cn(C)c2ccccc12. The van der Waals surface area contributed by atoms with E-state index >= 15 is 0 Å². The Bertz CT molecular complexity index is 542. The summed E-state index contributed by atoms with van der Waals surface area (Å²) in [5, 5.41) is 4.01. The van der Waals surface area contributed by atoms with Gasteiger partial charge in [0, 0.05) is 30.2 Å². The number of amides is 1. The fourth-order valence-corrected chi connectivity index (χ4v) is 1.93. The van der Waals surface area contributed by atoms with Gasteiger partial charge in [0.2, 0.25) is 0 Å². The van der Waals surface area contributed by atoms with E-state index in [0.717, 1.165) is 22.9 Å². The van der Waals surface area contributed by atoms with Gasteiger partial charge in [-0.1, -0.05) is 25.1 Å². The Labute approximate surface area is 101 Å². The molecule has 3 nitrogen and oxygen atoms in total. The molecule has 1 heterocycles. The van der Waals surface area contributed by atoms with E-state index in [1.54, 1.807) is 0 Å². The molecule has 1 unspecified atom stereocenters. The molecule has 0 aliphatic carbocycles. The van der Waals surface area contributed by atoms with Gasteiger partial charge in [-0.2, -0.15) is 0 Å². The van der Waals surface area contributed by atoms with Crippen LogP contribution in [0, 0.1) is 0 Å². The van der Waals surface area contributed by atoms with Gasteiger partial charge in [-0.25, -0.2) is 0 Å². The van der Waals surface area contributed by atoms with Crippen LogP contribution in [0.15, 0.2) is 30.5 Å². The third-order valence-electron chi connectivity index (χ3n) is 3.13. The van der Waals surface area contributed by atoms with Gasteiger partial charge >= 0.3 is 0 Å². The van der Waals surface area contributed by atoms with E-state index in [1.165, 1.54) is 0 Å². The first-order valence-electron chi connectivity index (χ1n) is 5.98. The first-order valence-corrected chi connectivity index (χ1v) is 5.98. The summed E-state index contributed by atoms with van der Waals surface area (Å²) in [7, 11) is 1.96. The van der Waals surface area contributed by atoms with Crippen LogP contribution in [-0.2, 0) is 7.05 Å². The Morgan fingerprint density at radius 1 is 1.41 bits per heavy atom. The Kier molecular flexibility index (Phi) is 3.18. The van der Waals surface area contributed by atoms with Crippen molar-refractivity contribution in [3.8, 4) is 0 Å². The molecule has 90 valence electrons. The minimum absolute atomic E-state index is 0.0103. The molecule has 0 radical (unpaired) electrons. The number of carbonyl (C=O) groups excluding carboxylic acids is 1. The number of para-hydroxylation sites is 1. The maximum Gasteiger partial charge on any atom is 0.253 e. The second-order valence-corrected chi connectivity index (χ2v) is 4.45. The van der Waals surface area contributed by atoms with Crippen LogP contribution < -0.4 is 5.32 Å². The molecule has 17 heavy (non-hydrogen) atoms. The number of carbonyl (C=O) groups is 1. The smallest absolute Gasteiger partial charge is 0.253 e. The van der Waals surface area contributed by atoms with E-state index in [2.05, 4.69) is 12.2 Å². The number of nitrogens with one attached hydrogen (secondary N) is 1. The Hall–Kier alpha value is -1.77. The van der Waals surface area contributed by atoms with Crippen molar-refractivity contribution in [3.63, 3.8) is 0 Å². The first kappa shape index (κ1) is 11.7. The maximum absolute atomic E-state index is 12.1. The predicted octanol–water partition coefficient (Wildman–Crippen LogP) is 2.71. The number of hydrogen-bond acceptors (Lipinski definition) is 1. The molecule has 1 aromatic heterocycles. The van der Waals surface area contributed by atoms with Crippen molar-refractivity contribution in [1.82, 2.24) is 9.88 Å². The predicted molar refractivity (Wildman–Crippen MR) is 70.1 cm³/mol. The molecule has 0 aliphatic heterocycles. The van der Waals surface area contributed by atoms with E-state index in [-0.39, 0.29) is 11.9 Å². The fraction of sp³-hybridized carbons (Fsp3) is 0.357. The standard InChI is InChI=1S/C14H18N2O/c1-4-10(2)15-14(17)12-9-16(3)13-8-6-5-7-11(12)13/h5-10H,4H2,1-3H3,(H,15,17). The summed E-state index contributed by atoms with van der Waals surface area (Å²) < 4.78 is 1.99. The lowest BCUT2D eigenvalue weighted by Gasteiger charge is -2.10. The van der Waals surface area contributed by atoms with E-state index in [9.17, 15) is 4.79 Å². The molecule has 0 saturated carbocycles. The van der Waals surface area contributed by atoms with Gasteiger partial charge in [-0.05, 0) is 19.4 Å². The largest absolute Gasteiger partial charge is 0.350 e. The van der Waals surface area contributed by atoms with Crippen molar-refractivity contribution in [2.45, 2.75) is 26.3 Å². The lowest BCUT2D eigenvalue weighted by Crippen LogP contribution is -2.31. The minimum Gasteiger partial charge on any atom is -0.350 e. The molecule has 1 N–H and O–H groups in total. The first-order chi connectivity index (χ1) is 8.13. The van der Waals surface area contributed by atoms with Crippen LogP contribution in [0.4, 0.5) is 0 Å². The maximum atomic E-state index is 12.1. The van der Waals surface area contributed by atoms with E-state index in [1.807, 2.05) is 49.0 Å². The number of hydrogen-bond donors (Lipinski definition) is 1. The van der Waals surface area contributed by atoms with Crippen molar-refractivity contribution in [1.29, 1.82) is 0 Å². The molecule has 0 bridgehead atoms. The van der Waals surface area contributed by atoms with Crippen molar-refractivity contribution in [2.24, 2.45) is 7.05 Å². The summed E-state index contributed by atoms with van der Waals surface area (Å²) in [5.74, 6) is 0.0103. The zero-order chi connectivity index (χ0) is 12.4. The quantitative estimate of drug-likeness (QED) is 0.864. The topological polar surface area (TPSA) is 34.0 Å². The van der Waals surface area contributed by atoms with Gasteiger partial charge in [0.05, 0.1) is 5.56 Å². The summed E-state index contributed by atoms with van der Waals surface area (Å²) >= 11 is 0. The van der Waals surface area contributed by atoms with Crippen molar-refractivity contribution >= 4 is 16.8 Å². The van der Waals surface area contributed by atoms with Crippen LogP contribution in [-0.4, -0.2) is 16.5 Å². The summed E-state index contributed by atoms with van der Waals surface area (Å²) in [6, 6.07) is 8.17. The van der Waals surface area contributed by atoms with Crippen LogP contribution in [0.5, 0.6) is 0 Å². The van der Waals surface area contributed by atoms with Crippen LogP contribution in [0.3, 0.4) is 0 Å². The minimum atomic E-state index is 0.0103. The Morgan fingerprint density at radius 3 is 2.82 bits per heavy atom. The molecule has 3 heteroatoms. The summed E-state index contributed by atoms with van der Waals surface area (Å²) in [5.41, 5.74) is 1.84. The normalized spacial score (nSPS) is 12.6. The van der Waals surface area contributed by atoms with Crippen molar-refractivity contribution in [2.75, 3.05) is 0 Å². The lowest BCUT2D eigenvalue weighted by atomic mass is 10.1. The van der Waals surface area contributed by atoms with Gasteiger partial charge < -0.3 is 9.88 Å². The molecule has 0 saturated heterocycles. The molecular weight excluding hydrogens is 212 g/mol. The average molecular weight is 230 g/mol. The zero-order valence-corrected chi connectivity index (χ0v) is 10.5. The number of aromatic nitrogens is 1. The van der Waals surface area contributed by atoms with E-state index < -0.39 is 0 Å². The van der Waals surface area contributed by atoms with Crippen molar-refractivity contribution in [3.05, 3.63) is 36.0 Å². The highest BCUT2D eigenvalue weighted by Gasteiger charge is 2.14. The molecule has 2 rings (SSSR count). The number of nitrogens with zero attached hydrogens (tertiary/aromatic N) is 1. The monoisotopic (exact) mass is 230 g/mol. The second-order valence-electron chi connectivity index (χ2n) is 4.45. The van der Waals surface area contributed by atoms with Gasteiger partial charge in [0.15, 0.2) is 0 Å². The highest BCUT2D eigenvalue weighted by atomic mass is 16.1. The molecule has 1 aromatic carbocycles. The Morgan fingerprint density at radius 2 is 2.12 bits per heavy atom. The van der Waals surface area contributed by atoms with Crippen LogP contribution in [0.25, 0.3) is 10.9 Å². The molecule has 0 spiro atoms. The average Bonchev–Trinajstić information content (AvgIpc) is 2.67. The highest BCUT2D eigenvalue weighted by Crippen LogP contribution is 2.20. The molecule has 0 aliphatic rings. The zero-order valence-electron chi connectivity index (χ0n) is 10.5. The molecule has 1 amide bonds. The molecule has 0 fully saturated rings. The second kappa shape index (κ2) is 4.62. The highest BCUT2D eigenvalue weighted by molar-refractivity contribution is 6.07. The third-order valence-corrected chi connectivity index (χ3v) is 3.13. The number of rotatable bonds is 3. The third kappa shape index (κ3) is 2.18. The van der Waals surface area contributed by atoms with Crippen LogP contribution in [0.2, 0.25) is 0 Å². The van der Waals surface area contributed by atoms with Gasteiger partial charge in [-0.3, -0.25) is 4.79 Å². The fourth-order valence-electron chi connectivity index (χ4n) is 1.93. The van der Waals surface area contributed by atoms with Crippen LogP contribution >= 0.6 is 0 Å². The number of benzene rings is 1. The molecule has 2 aromatic rings. The molecule has 1 atom stereocenters. The van der Waals surface area contributed by atoms with Gasteiger partial charge in [0.25, 0.3) is 5.91 Å². The van der Waals surface area contributed by atoms with E-state index in [4.69, 9.17) is 0 Å². The summed E-state index contributed by atoms with van der Waals surface area (Å²) in [4.78, 5) is 12.1. The Balaban J connectivity index is 2.39. The van der Waals surface area contributed by atoms with Gasteiger partial charge in [0.1, 0.15) is 0 Å². The number of aryl methyl sites for hydroxylation is 1. The van der Waals surface area contributed by atoms with Crippen molar-refractivity contribution < 1.29 is 4.79 Å². The lowest BCUT2D eigenvalue weighted by molar-refractivity contribution is 0.0941. The summed E-state index contributed by atoms with van der Waals surface area (Å²) in [6.07, 6.45) is 2.83.